The molecular weight excluding hydrogens is 258 g/mol. The summed E-state index contributed by atoms with van der Waals surface area (Å²) in [5.41, 5.74) is 1.61. The number of nitrogens with one attached hydrogen (secondary N) is 1. The van der Waals surface area contributed by atoms with E-state index in [0.29, 0.717) is 21.8 Å². The highest BCUT2D eigenvalue weighted by molar-refractivity contribution is 7.98. The number of aryl methyl sites for hydroxylation is 1. The van der Waals surface area contributed by atoms with Crippen LogP contribution in [0.3, 0.4) is 0 Å². The molecule has 0 radical (unpaired) electrons. The lowest BCUT2D eigenvalue weighted by Crippen LogP contribution is -2.08. The lowest BCUT2D eigenvalue weighted by molar-refractivity contribution is 0.905. The average molecular weight is 268 g/mol. The van der Waals surface area contributed by atoms with Crippen LogP contribution < -0.4 is 5.56 Å². The van der Waals surface area contributed by atoms with E-state index in [-0.39, 0.29) is 5.56 Å². The molecule has 0 bridgehead atoms. The molecule has 0 saturated carbocycles. The third-order valence-electron chi connectivity index (χ3n) is 2.01. The molecule has 0 amide bonds. The molecule has 0 aliphatic rings. The highest BCUT2D eigenvalue weighted by atomic mass is 35.5. The molecule has 2 heterocycles. The van der Waals surface area contributed by atoms with Crippen molar-refractivity contribution in [3.63, 3.8) is 0 Å². The minimum absolute atomic E-state index is 0.130. The maximum atomic E-state index is 11.2. The number of nitrogens with zero attached hydrogens (tertiary/aromatic N) is 2. The number of aromatic amines is 1. The van der Waals surface area contributed by atoms with Gasteiger partial charge in [-0.15, -0.1) is 0 Å². The van der Waals surface area contributed by atoms with E-state index >= 15 is 0 Å². The molecule has 2 aromatic rings. The van der Waals surface area contributed by atoms with Crippen molar-refractivity contribution in [3.8, 4) is 0 Å². The van der Waals surface area contributed by atoms with E-state index in [1.54, 1.807) is 19.2 Å². The van der Waals surface area contributed by atoms with Crippen LogP contribution in [0.4, 0.5) is 0 Å². The zero-order valence-corrected chi connectivity index (χ0v) is 10.7. The molecule has 0 fully saturated rings. The summed E-state index contributed by atoms with van der Waals surface area (Å²) in [6.45, 7) is 1.79. The van der Waals surface area contributed by atoms with Crippen LogP contribution in [0, 0.1) is 6.92 Å². The molecule has 17 heavy (non-hydrogen) atoms. The molecule has 1 N–H and O–H groups in total. The minimum Gasteiger partial charge on any atom is -0.301 e. The summed E-state index contributed by atoms with van der Waals surface area (Å²) >= 11 is 7.15. The van der Waals surface area contributed by atoms with E-state index in [1.165, 1.54) is 17.8 Å². The van der Waals surface area contributed by atoms with Gasteiger partial charge in [-0.1, -0.05) is 29.4 Å². The SMILES string of the molecule is Cc1cc(=O)[nH]c(SCc2ccc(Cl)nc2)n1. The number of H-pyrrole nitrogens is 1. The predicted octanol–water partition coefficient (Wildman–Crippen LogP) is 2.42. The molecule has 0 aromatic carbocycles. The lowest BCUT2D eigenvalue weighted by Gasteiger charge is -2.01. The van der Waals surface area contributed by atoms with Gasteiger partial charge in [0.25, 0.3) is 5.56 Å². The van der Waals surface area contributed by atoms with Crippen LogP contribution in [0.1, 0.15) is 11.3 Å². The number of aromatic nitrogens is 3. The molecule has 0 aliphatic carbocycles. The predicted molar refractivity (Wildman–Crippen MR) is 68.4 cm³/mol. The Kier molecular flexibility index (Phi) is 3.81. The first-order valence-electron chi connectivity index (χ1n) is 4.95. The van der Waals surface area contributed by atoms with Gasteiger partial charge in [0, 0.05) is 23.7 Å². The van der Waals surface area contributed by atoms with Crippen LogP contribution in [-0.2, 0) is 5.75 Å². The van der Waals surface area contributed by atoms with Gasteiger partial charge in [-0.2, -0.15) is 0 Å². The van der Waals surface area contributed by atoms with Crippen molar-refractivity contribution in [1.82, 2.24) is 15.0 Å². The van der Waals surface area contributed by atoms with Crippen molar-refractivity contribution in [2.24, 2.45) is 0 Å². The van der Waals surface area contributed by atoms with Crippen LogP contribution in [0.2, 0.25) is 5.15 Å². The smallest absolute Gasteiger partial charge is 0.251 e. The van der Waals surface area contributed by atoms with Gasteiger partial charge in [-0.05, 0) is 18.6 Å². The normalized spacial score (nSPS) is 10.5. The van der Waals surface area contributed by atoms with Crippen LogP contribution in [-0.4, -0.2) is 15.0 Å². The Morgan fingerprint density at radius 1 is 1.47 bits per heavy atom. The Morgan fingerprint density at radius 2 is 2.29 bits per heavy atom. The fraction of sp³-hybridized carbons (Fsp3) is 0.182. The van der Waals surface area contributed by atoms with Crippen LogP contribution in [0.25, 0.3) is 0 Å². The van der Waals surface area contributed by atoms with Crippen molar-refractivity contribution in [1.29, 1.82) is 0 Å². The van der Waals surface area contributed by atoms with Gasteiger partial charge in [-0.3, -0.25) is 4.79 Å². The number of rotatable bonds is 3. The standard InChI is InChI=1S/C11H10ClN3OS/c1-7-4-10(16)15-11(14-7)17-6-8-2-3-9(12)13-5-8/h2-5H,6H2,1H3,(H,14,15,16). The van der Waals surface area contributed by atoms with Crippen LogP contribution in [0.5, 0.6) is 0 Å². The monoisotopic (exact) mass is 267 g/mol. The average Bonchev–Trinajstić information content (AvgIpc) is 2.27. The van der Waals surface area contributed by atoms with E-state index in [0.717, 1.165) is 5.56 Å². The summed E-state index contributed by atoms with van der Waals surface area (Å²) in [5, 5.41) is 1.09. The second-order valence-corrected chi connectivity index (χ2v) is 4.82. The second kappa shape index (κ2) is 5.33. The number of halogens is 1. The van der Waals surface area contributed by atoms with Crippen molar-refractivity contribution >= 4 is 23.4 Å². The fourth-order valence-electron chi connectivity index (χ4n) is 1.26. The molecule has 0 saturated heterocycles. The molecule has 88 valence electrons. The lowest BCUT2D eigenvalue weighted by atomic mass is 10.3. The molecule has 2 aromatic heterocycles. The maximum Gasteiger partial charge on any atom is 0.251 e. The Morgan fingerprint density at radius 3 is 2.94 bits per heavy atom. The van der Waals surface area contributed by atoms with Gasteiger partial charge in [0.05, 0.1) is 0 Å². The highest BCUT2D eigenvalue weighted by Crippen LogP contribution is 2.18. The van der Waals surface area contributed by atoms with Crippen molar-refractivity contribution in [2.45, 2.75) is 17.8 Å². The first-order chi connectivity index (χ1) is 8.13. The van der Waals surface area contributed by atoms with E-state index in [9.17, 15) is 4.79 Å². The van der Waals surface area contributed by atoms with Gasteiger partial charge in [0.2, 0.25) is 0 Å². The summed E-state index contributed by atoms with van der Waals surface area (Å²) in [4.78, 5) is 22.1. The Labute approximate surface area is 107 Å². The van der Waals surface area contributed by atoms with Gasteiger partial charge in [0.1, 0.15) is 5.15 Å². The fourth-order valence-corrected chi connectivity index (χ4v) is 2.23. The molecule has 4 nitrogen and oxygen atoms in total. The Hall–Kier alpha value is -1.33. The van der Waals surface area contributed by atoms with E-state index in [4.69, 9.17) is 11.6 Å². The van der Waals surface area contributed by atoms with Gasteiger partial charge in [0.15, 0.2) is 5.16 Å². The molecule has 2 rings (SSSR count). The largest absolute Gasteiger partial charge is 0.301 e. The number of pyridine rings is 1. The third-order valence-corrected chi connectivity index (χ3v) is 3.18. The summed E-state index contributed by atoms with van der Waals surface area (Å²) in [6.07, 6.45) is 1.71. The second-order valence-electron chi connectivity index (χ2n) is 3.47. The molecule has 0 unspecified atom stereocenters. The topological polar surface area (TPSA) is 58.6 Å². The van der Waals surface area contributed by atoms with Gasteiger partial charge < -0.3 is 4.98 Å². The maximum absolute atomic E-state index is 11.2. The van der Waals surface area contributed by atoms with Crippen molar-refractivity contribution in [3.05, 3.63) is 51.2 Å². The van der Waals surface area contributed by atoms with E-state index < -0.39 is 0 Å². The number of hydrogen-bond donors (Lipinski definition) is 1. The van der Waals surface area contributed by atoms with Crippen molar-refractivity contribution in [2.75, 3.05) is 0 Å². The zero-order valence-electron chi connectivity index (χ0n) is 9.11. The molecular formula is C11H10ClN3OS. The summed E-state index contributed by atoms with van der Waals surface area (Å²) in [6, 6.07) is 5.11. The third kappa shape index (κ3) is 3.57. The summed E-state index contributed by atoms with van der Waals surface area (Å²) in [5.74, 6) is 0.691. The van der Waals surface area contributed by atoms with Gasteiger partial charge >= 0.3 is 0 Å². The molecule has 0 spiro atoms. The Balaban J connectivity index is 2.07. The van der Waals surface area contributed by atoms with Crippen molar-refractivity contribution < 1.29 is 0 Å². The molecule has 6 heteroatoms. The number of thioether (sulfide) groups is 1. The highest BCUT2D eigenvalue weighted by Gasteiger charge is 2.01. The minimum atomic E-state index is -0.130. The summed E-state index contributed by atoms with van der Waals surface area (Å²) < 4.78 is 0. The first-order valence-corrected chi connectivity index (χ1v) is 6.31. The quantitative estimate of drug-likeness (QED) is 0.527. The zero-order chi connectivity index (χ0) is 12.3. The Bertz CT molecular complexity index is 568. The van der Waals surface area contributed by atoms with E-state index in [2.05, 4.69) is 15.0 Å². The van der Waals surface area contributed by atoms with Crippen LogP contribution in [0.15, 0.2) is 34.3 Å². The first kappa shape index (κ1) is 12.1. The number of hydrogen-bond acceptors (Lipinski definition) is 4. The van der Waals surface area contributed by atoms with E-state index in [1.807, 2.05) is 6.07 Å². The summed E-state index contributed by atoms with van der Waals surface area (Å²) in [7, 11) is 0. The molecule has 0 atom stereocenters. The molecule has 0 aliphatic heterocycles. The van der Waals surface area contributed by atoms with Gasteiger partial charge in [-0.25, -0.2) is 9.97 Å². The van der Waals surface area contributed by atoms with Crippen LogP contribution >= 0.6 is 23.4 Å².